The summed E-state index contributed by atoms with van der Waals surface area (Å²) in [5, 5.41) is 3.57. The molecule has 0 aromatic heterocycles. The number of rotatable bonds is 7. The monoisotopic (exact) mass is 242 g/mol. The van der Waals surface area contributed by atoms with Crippen LogP contribution in [0.5, 0.6) is 0 Å². The first kappa shape index (κ1) is 14.9. The van der Waals surface area contributed by atoms with Crippen LogP contribution in [0.25, 0.3) is 0 Å². The zero-order valence-electron chi connectivity index (χ0n) is 12.0. The molecule has 17 heavy (non-hydrogen) atoms. The molecular formula is C14H30N2O. The second kappa shape index (κ2) is 8.06. The lowest BCUT2D eigenvalue weighted by molar-refractivity contribution is 0.0543. The van der Waals surface area contributed by atoms with Crippen molar-refractivity contribution in [3.8, 4) is 0 Å². The van der Waals surface area contributed by atoms with Crippen LogP contribution >= 0.6 is 0 Å². The fraction of sp³-hybridized carbons (Fsp3) is 1.00. The van der Waals surface area contributed by atoms with Gasteiger partial charge in [0.05, 0.1) is 6.61 Å². The van der Waals surface area contributed by atoms with Crippen molar-refractivity contribution in [2.75, 3.05) is 32.8 Å². The zero-order chi connectivity index (χ0) is 12.7. The Hall–Kier alpha value is -0.120. The van der Waals surface area contributed by atoms with Crippen LogP contribution in [-0.2, 0) is 4.74 Å². The number of nitrogens with one attached hydrogen (secondary N) is 1. The van der Waals surface area contributed by atoms with Gasteiger partial charge < -0.3 is 10.1 Å². The molecule has 0 spiro atoms. The van der Waals surface area contributed by atoms with Crippen molar-refractivity contribution >= 4 is 0 Å². The van der Waals surface area contributed by atoms with Crippen molar-refractivity contribution in [1.29, 1.82) is 0 Å². The van der Waals surface area contributed by atoms with Crippen molar-refractivity contribution in [2.24, 2.45) is 5.92 Å². The molecule has 0 aromatic carbocycles. The molecule has 0 aromatic rings. The van der Waals surface area contributed by atoms with E-state index < -0.39 is 0 Å². The first-order chi connectivity index (χ1) is 8.11. The van der Waals surface area contributed by atoms with Gasteiger partial charge in [-0.25, -0.2) is 0 Å². The van der Waals surface area contributed by atoms with E-state index >= 15 is 0 Å². The van der Waals surface area contributed by atoms with Gasteiger partial charge in [0.15, 0.2) is 0 Å². The first-order valence-corrected chi connectivity index (χ1v) is 7.15. The van der Waals surface area contributed by atoms with Gasteiger partial charge in [-0.05, 0) is 46.5 Å². The predicted octanol–water partition coefficient (Wildman–Crippen LogP) is 2.12. The Kier molecular flexibility index (Phi) is 7.09. The summed E-state index contributed by atoms with van der Waals surface area (Å²) in [5.41, 5.74) is 0. The van der Waals surface area contributed by atoms with Crippen LogP contribution in [0.15, 0.2) is 0 Å². The van der Waals surface area contributed by atoms with E-state index in [9.17, 15) is 0 Å². The Balaban J connectivity index is 2.09. The fourth-order valence-electron chi connectivity index (χ4n) is 2.60. The normalized spacial score (nSPS) is 21.7. The zero-order valence-corrected chi connectivity index (χ0v) is 12.0. The van der Waals surface area contributed by atoms with Crippen LogP contribution in [-0.4, -0.2) is 49.8 Å². The van der Waals surface area contributed by atoms with Crippen LogP contribution in [0.2, 0.25) is 0 Å². The van der Waals surface area contributed by atoms with Gasteiger partial charge in [-0.15, -0.1) is 0 Å². The van der Waals surface area contributed by atoms with Gasteiger partial charge in [-0.3, -0.25) is 4.90 Å². The van der Waals surface area contributed by atoms with Crippen molar-refractivity contribution in [3.05, 3.63) is 0 Å². The van der Waals surface area contributed by atoms with E-state index in [4.69, 9.17) is 4.74 Å². The molecule has 1 rings (SSSR count). The third-order valence-corrected chi connectivity index (χ3v) is 3.56. The minimum absolute atomic E-state index is 0.634. The Labute approximate surface area is 107 Å². The molecule has 1 aliphatic heterocycles. The summed E-state index contributed by atoms with van der Waals surface area (Å²) in [4.78, 5) is 2.53. The lowest BCUT2D eigenvalue weighted by Gasteiger charge is -2.31. The maximum atomic E-state index is 5.49. The Morgan fingerprint density at radius 1 is 1.24 bits per heavy atom. The number of hydrogen-bond acceptors (Lipinski definition) is 3. The summed E-state index contributed by atoms with van der Waals surface area (Å²) in [5.74, 6) is 0.732. The van der Waals surface area contributed by atoms with E-state index in [1.807, 2.05) is 0 Å². The Morgan fingerprint density at radius 3 is 2.47 bits per heavy atom. The summed E-state index contributed by atoms with van der Waals surface area (Å²) in [6.07, 6.45) is 2.56. The average molecular weight is 242 g/mol. The molecule has 1 heterocycles. The van der Waals surface area contributed by atoms with E-state index in [0.29, 0.717) is 12.1 Å². The molecule has 1 fully saturated rings. The highest BCUT2D eigenvalue weighted by atomic mass is 16.5. The third kappa shape index (κ3) is 5.84. The molecule has 0 saturated carbocycles. The van der Waals surface area contributed by atoms with Crippen molar-refractivity contribution in [1.82, 2.24) is 10.2 Å². The number of ether oxygens (including phenoxy) is 1. The molecule has 1 saturated heterocycles. The summed E-state index contributed by atoms with van der Waals surface area (Å²) < 4.78 is 5.49. The molecule has 1 N–H and O–H groups in total. The smallest absolute Gasteiger partial charge is 0.0506 e. The lowest BCUT2D eigenvalue weighted by Crippen LogP contribution is -2.42. The lowest BCUT2D eigenvalue weighted by atomic mass is 10.0. The molecule has 3 heteroatoms. The maximum absolute atomic E-state index is 5.49. The molecule has 3 nitrogen and oxygen atoms in total. The van der Waals surface area contributed by atoms with Crippen LogP contribution < -0.4 is 5.32 Å². The number of hydrogen-bond donors (Lipinski definition) is 1. The Morgan fingerprint density at radius 2 is 1.94 bits per heavy atom. The minimum Gasteiger partial charge on any atom is -0.381 e. The topological polar surface area (TPSA) is 24.5 Å². The quantitative estimate of drug-likeness (QED) is 0.692. The largest absolute Gasteiger partial charge is 0.381 e. The van der Waals surface area contributed by atoms with E-state index in [-0.39, 0.29) is 0 Å². The summed E-state index contributed by atoms with van der Waals surface area (Å²) in [6, 6.07) is 1.27. The minimum atomic E-state index is 0.634. The molecule has 1 atom stereocenters. The van der Waals surface area contributed by atoms with E-state index in [2.05, 4.69) is 37.9 Å². The molecular weight excluding hydrogens is 212 g/mol. The molecule has 0 bridgehead atoms. The first-order valence-electron chi connectivity index (χ1n) is 7.15. The molecule has 1 aliphatic rings. The SMILES string of the molecule is CC(C)N(CCNCC1CCCOC1)C(C)C. The standard InChI is InChI=1S/C14H30N2O/c1-12(2)16(13(3)4)8-7-15-10-14-6-5-9-17-11-14/h12-15H,5-11H2,1-4H3. The van der Waals surface area contributed by atoms with Gasteiger partial charge in [-0.2, -0.15) is 0 Å². The third-order valence-electron chi connectivity index (χ3n) is 3.56. The average Bonchev–Trinajstić information content (AvgIpc) is 2.29. The predicted molar refractivity (Wildman–Crippen MR) is 73.4 cm³/mol. The molecule has 102 valence electrons. The maximum Gasteiger partial charge on any atom is 0.0506 e. The molecule has 0 amide bonds. The van der Waals surface area contributed by atoms with Crippen LogP contribution in [0, 0.1) is 5.92 Å². The molecule has 1 unspecified atom stereocenters. The summed E-state index contributed by atoms with van der Waals surface area (Å²) in [6.45, 7) is 14.4. The van der Waals surface area contributed by atoms with Gasteiger partial charge in [0, 0.05) is 38.3 Å². The van der Waals surface area contributed by atoms with Gasteiger partial charge in [-0.1, -0.05) is 0 Å². The second-order valence-electron chi connectivity index (χ2n) is 5.71. The van der Waals surface area contributed by atoms with Crippen LogP contribution in [0.3, 0.4) is 0 Å². The fourth-order valence-corrected chi connectivity index (χ4v) is 2.60. The highest BCUT2D eigenvalue weighted by Crippen LogP contribution is 2.12. The second-order valence-corrected chi connectivity index (χ2v) is 5.71. The van der Waals surface area contributed by atoms with Gasteiger partial charge in [0.1, 0.15) is 0 Å². The van der Waals surface area contributed by atoms with E-state index in [1.165, 1.54) is 12.8 Å². The highest BCUT2D eigenvalue weighted by molar-refractivity contribution is 4.70. The van der Waals surface area contributed by atoms with Crippen LogP contribution in [0.1, 0.15) is 40.5 Å². The van der Waals surface area contributed by atoms with Crippen molar-refractivity contribution in [2.45, 2.75) is 52.6 Å². The molecule has 0 aliphatic carbocycles. The van der Waals surface area contributed by atoms with E-state index in [1.54, 1.807) is 0 Å². The summed E-state index contributed by atoms with van der Waals surface area (Å²) >= 11 is 0. The van der Waals surface area contributed by atoms with Gasteiger partial charge in [0.25, 0.3) is 0 Å². The van der Waals surface area contributed by atoms with Gasteiger partial charge >= 0.3 is 0 Å². The number of nitrogens with zero attached hydrogens (tertiary/aromatic N) is 1. The van der Waals surface area contributed by atoms with E-state index in [0.717, 1.165) is 38.8 Å². The highest BCUT2D eigenvalue weighted by Gasteiger charge is 2.15. The van der Waals surface area contributed by atoms with Crippen molar-refractivity contribution in [3.63, 3.8) is 0 Å². The molecule has 0 radical (unpaired) electrons. The van der Waals surface area contributed by atoms with Crippen LogP contribution in [0.4, 0.5) is 0 Å². The summed E-state index contributed by atoms with van der Waals surface area (Å²) in [7, 11) is 0. The Bertz CT molecular complexity index is 181. The van der Waals surface area contributed by atoms with Gasteiger partial charge in [0.2, 0.25) is 0 Å². The van der Waals surface area contributed by atoms with Crippen molar-refractivity contribution < 1.29 is 4.74 Å².